The summed E-state index contributed by atoms with van der Waals surface area (Å²) in [6, 6.07) is 10.1. The summed E-state index contributed by atoms with van der Waals surface area (Å²) >= 11 is 7.61. The van der Waals surface area contributed by atoms with E-state index in [0.29, 0.717) is 11.6 Å². The minimum absolute atomic E-state index is 0.00257. The molecule has 3 aromatic rings. The molecule has 1 saturated heterocycles. The van der Waals surface area contributed by atoms with Gasteiger partial charge in [0.15, 0.2) is 5.13 Å². The van der Waals surface area contributed by atoms with E-state index in [2.05, 4.69) is 15.2 Å². The van der Waals surface area contributed by atoms with Crippen molar-refractivity contribution in [1.29, 1.82) is 0 Å². The summed E-state index contributed by atoms with van der Waals surface area (Å²) in [5.74, 6) is -0.386. The summed E-state index contributed by atoms with van der Waals surface area (Å²) in [5, 5.41) is 4.49. The van der Waals surface area contributed by atoms with E-state index in [4.69, 9.17) is 11.6 Å². The van der Waals surface area contributed by atoms with E-state index >= 15 is 0 Å². The van der Waals surface area contributed by atoms with Crippen molar-refractivity contribution in [2.45, 2.75) is 19.8 Å². The molecule has 0 saturated carbocycles. The smallest absolute Gasteiger partial charge is 0.229 e. The van der Waals surface area contributed by atoms with Gasteiger partial charge in [0, 0.05) is 23.8 Å². The Morgan fingerprint density at radius 3 is 3.07 bits per heavy atom. The summed E-state index contributed by atoms with van der Waals surface area (Å²) in [6.07, 6.45) is 1.75. The zero-order valence-electron chi connectivity index (χ0n) is 14.8. The van der Waals surface area contributed by atoms with Crippen molar-refractivity contribution >= 4 is 49.9 Å². The lowest BCUT2D eigenvalue weighted by Gasteiger charge is -2.31. The number of hydrogen-bond donors (Lipinski definition) is 1. The summed E-state index contributed by atoms with van der Waals surface area (Å²) in [7, 11) is 0. The number of carbonyl (C=O) groups excluding carboxylic acids is 1. The number of fused-ring (bicyclic) bond motifs is 1. The van der Waals surface area contributed by atoms with E-state index in [9.17, 15) is 9.18 Å². The molecular weight excluding hydrogens is 385 g/mol. The molecule has 0 spiro atoms. The van der Waals surface area contributed by atoms with E-state index < -0.39 is 0 Å². The zero-order chi connectivity index (χ0) is 19.0. The first kappa shape index (κ1) is 18.2. The molecule has 1 fully saturated rings. The largest absolute Gasteiger partial charge is 0.347 e. The van der Waals surface area contributed by atoms with Gasteiger partial charge in [0.05, 0.1) is 16.1 Å². The highest BCUT2D eigenvalue weighted by Crippen LogP contribution is 2.32. The Morgan fingerprint density at radius 2 is 2.22 bits per heavy atom. The highest BCUT2D eigenvalue weighted by Gasteiger charge is 2.28. The van der Waals surface area contributed by atoms with Crippen LogP contribution in [0.1, 0.15) is 18.4 Å². The van der Waals surface area contributed by atoms with E-state index in [1.807, 2.05) is 25.1 Å². The zero-order valence-corrected chi connectivity index (χ0v) is 16.4. The van der Waals surface area contributed by atoms with Gasteiger partial charge in [-0.3, -0.25) is 4.79 Å². The second-order valence-electron chi connectivity index (χ2n) is 6.80. The first-order valence-electron chi connectivity index (χ1n) is 8.88. The standard InChI is InChI=1S/C20H19ClFN3OS/c1-12-15(21)5-2-6-16(12)23-19(26)13-4-3-9-25(11-13)20-24-17-8-7-14(22)10-18(17)27-20/h2,5-8,10,13H,3-4,9,11H2,1H3,(H,23,26). The molecule has 140 valence electrons. The van der Waals surface area contributed by atoms with Gasteiger partial charge in [0.2, 0.25) is 5.91 Å². The lowest BCUT2D eigenvalue weighted by molar-refractivity contribution is -0.120. The molecule has 1 aromatic heterocycles. The van der Waals surface area contributed by atoms with Gasteiger partial charge < -0.3 is 10.2 Å². The van der Waals surface area contributed by atoms with Crippen LogP contribution in [0, 0.1) is 18.7 Å². The lowest BCUT2D eigenvalue weighted by Crippen LogP contribution is -2.40. The molecule has 0 bridgehead atoms. The number of thiazole rings is 1. The summed E-state index contributed by atoms with van der Waals surface area (Å²) in [6.45, 7) is 3.35. The predicted molar refractivity (Wildman–Crippen MR) is 109 cm³/mol. The average molecular weight is 404 g/mol. The van der Waals surface area contributed by atoms with Crippen LogP contribution in [0.4, 0.5) is 15.2 Å². The van der Waals surface area contributed by atoms with E-state index in [-0.39, 0.29) is 17.6 Å². The Morgan fingerprint density at radius 1 is 1.37 bits per heavy atom. The van der Waals surface area contributed by atoms with Gasteiger partial charge in [-0.25, -0.2) is 9.37 Å². The first-order chi connectivity index (χ1) is 13.0. The number of nitrogens with one attached hydrogen (secondary N) is 1. The van der Waals surface area contributed by atoms with E-state index in [1.54, 1.807) is 6.07 Å². The number of halogens is 2. The Labute approximate surface area is 166 Å². The molecule has 2 heterocycles. The van der Waals surface area contributed by atoms with Crippen LogP contribution >= 0.6 is 22.9 Å². The predicted octanol–water partition coefficient (Wildman–Crippen LogP) is 5.25. The minimum atomic E-state index is -0.259. The number of hydrogen-bond acceptors (Lipinski definition) is 4. The van der Waals surface area contributed by atoms with Gasteiger partial charge in [-0.05, 0) is 55.7 Å². The Kier molecular flexibility index (Phi) is 5.02. The molecule has 4 nitrogen and oxygen atoms in total. The van der Waals surface area contributed by atoms with Crippen LogP contribution in [0.2, 0.25) is 5.02 Å². The third-order valence-corrected chi connectivity index (χ3v) is 6.42. The molecule has 27 heavy (non-hydrogen) atoms. The Hall–Kier alpha value is -2.18. The topological polar surface area (TPSA) is 45.2 Å². The van der Waals surface area contributed by atoms with Crippen molar-refractivity contribution in [3.8, 4) is 0 Å². The number of amides is 1. The minimum Gasteiger partial charge on any atom is -0.347 e. The molecule has 2 aromatic carbocycles. The van der Waals surface area contributed by atoms with Gasteiger partial charge in [-0.2, -0.15) is 0 Å². The van der Waals surface area contributed by atoms with Crippen LogP contribution in [0.15, 0.2) is 36.4 Å². The summed E-state index contributed by atoms with van der Waals surface area (Å²) in [5.41, 5.74) is 2.41. The normalized spacial score (nSPS) is 17.3. The number of aromatic nitrogens is 1. The van der Waals surface area contributed by atoms with E-state index in [1.165, 1.54) is 23.5 Å². The maximum atomic E-state index is 13.4. The van der Waals surface area contributed by atoms with Gasteiger partial charge >= 0.3 is 0 Å². The van der Waals surface area contributed by atoms with Crippen LogP contribution < -0.4 is 10.2 Å². The van der Waals surface area contributed by atoms with E-state index in [0.717, 1.165) is 46.0 Å². The fourth-order valence-corrected chi connectivity index (χ4v) is 4.56. The van der Waals surface area contributed by atoms with Gasteiger partial charge in [0.25, 0.3) is 0 Å². The van der Waals surface area contributed by atoms with Gasteiger partial charge in [0.1, 0.15) is 5.82 Å². The van der Waals surface area contributed by atoms with Gasteiger partial charge in [-0.15, -0.1) is 0 Å². The molecule has 0 aliphatic carbocycles. The molecule has 1 N–H and O–H groups in total. The molecule has 1 aliphatic rings. The van der Waals surface area contributed by atoms with Crippen LogP contribution in [-0.2, 0) is 4.79 Å². The highest BCUT2D eigenvalue weighted by molar-refractivity contribution is 7.22. The van der Waals surface area contributed by atoms with Crippen molar-refractivity contribution in [1.82, 2.24) is 4.98 Å². The lowest BCUT2D eigenvalue weighted by atomic mass is 9.97. The third kappa shape index (κ3) is 3.77. The second-order valence-corrected chi connectivity index (χ2v) is 8.21. The van der Waals surface area contributed by atoms with Gasteiger partial charge in [-0.1, -0.05) is 29.0 Å². The summed E-state index contributed by atoms with van der Waals surface area (Å²) in [4.78, 5) is 19.5. The molecule has 0 radical (unpaired) electrons. The maximum absolute atomic E-state index is 13.4. The van der Waals surface area contributed by atoms with Crippen molar-refractivity contribution in [2.75, 3.05) is 23.3 Å². The van der Waals surface area contributed by atoms with Crippen LogP contribution in [0.5, 0.6) is 0 Å². The average Bonchev–Trinajstić information content (AvgIpc) is 3.09. The second kappa shape index (κ2) is 7.44. The molecule has 7 heteroatoms. The number of nitrogens with zero attached hydrogens (tertiary/aromatic N) is 2. The summed E-state index contributed by atoms with van der Waals surface area (Å²) < 4.78 is 14.3. The first-order valence-corrected chi connectivity index (χ1v) is 10.1. The van der Waals surface area contributed by atoms with Crippen molar-refractivity contribution in [3.63, 3.8) is 0 Å². The molecule has 1 atom stereocenters. The third-order valence-electron chi connectivity index (χ3n) is 4.93. The Bertz CT molecular complexity index is 1010. The monoisotopic (exact) mass is 403 g/mol. The fraction of sp³-hybridized carbons (Fsp3) is 0.300. The van der Waals surface area contributed by atoms with Crippen molar-refractivity contribution in [3.05, 3.63) is 52.8 Å². The molecule has 1 aliphatic heterocycles. The number of benzene rings is 2. The number of carbonyl (C=O) groups is 1. The van der Waals surface area contributed by atoms with Crippen molar-refractivity contribution in [2.24, 2.45) is 5.92 Å². The van der Waals surface area contributed by atoms with Crippen LogP contribution in [0.25, 0.3) is 10.2 Å². The van der Waals surface area contributed by atoms with Crippen LogP contribution in [-0.4, -0.2) is 24.0 Å². The molecule has 1 amide bonds. The van der Waals surface area contributed by atoms with Crippen LogP contribution in [0.3, 0.4) is 0 Å². The number of anilines is 2. The maximum Gasteiger partial charge on any atom is 0.229 e. The molecule has 4 rings (SSSR count). The fourth-order valence-electron chi connectivity index (χ4n) is 3.36. The van der Waals surface area contributed by atoms with Crippen molar-refractivity contribution < 1.29 is 9.18 Å². The molecule has 1 unspecified atom stereocenters. The number of piperidine rings is 1. The quantitative estimate of drug-likeness (QED) is 0.649. The number of rotatable bonds is 3. The SMILES string of the molecule is Cc1c(Cl)cccc1NC(=O)C1CCCN(c2nc3ccc(F)cc3s2)C1. The molecular formula is C20H19ClFN3OS. The highest BCUT2D eigenvalue weighted by atomic mass is 35.5. The Balaban J connectivity index is 1.50.